The van der Waals surface area contributed by atoms with E-state index < -0.39 is 0 Å². The standard InChI is InChI=1S/C23H36N4O3.ClH/c28-23(19-9-14-29-15-10-19)27-11-3-1-2-4-20(27)17-7-12-26(13-8-17)16-21-24-22(25-30-21)18-5-6-18;/h17-20H,1-16H2;1H. The van der Waals surface area contributed by atoms with Gasteiger partial charge in [0.15, 0.2) is 5.82 Å². The van der Waals surface area contributed by atoms with Crippen molar-refractivity contribution in [3.63, 3.8) is 0 Å². The molecule has 3 saturated heterocycles. The average molecular weight is 453 g/mol. The van der Waals surface area contributed by atoms with Crippen LogP contribution in [-0.4, -0.2) is 64.7 Å². The van der Waals surface area contributed by atoms with Gasteiger partial charge in [-0.2, -0.15) is 4.98 Å². The largest absolute Gasteiger partial charge is 0.381 e. The van der Waals surface area contributed by atoms with E-state index >= 15 is 0 Å². The van der Waals surface area contributed by atoms with Gasteiger partial charge < -0.3 is 14.2 Å². The minimum Gasteiger partial charge on any atom is -0.381 e. The predicted molar refractivity (Wildman–Crippen MR) is 119 cm³/mol. The first-order valence-electron chi connectivity index (χ1n) is 12.2. The molecule has 1 aromatic rings. The van der Waals surface area contributed by atoms with Crippen molar-refractivity contribution in [1.29, 1.82) is 0 Å². The van der Waals surface area contributed by atoms with Crippen LogP contribution in [0.1, 0.15) is 81.8 Å². The van der Waals surface area contributed by atoms with Crippen LogP contribution in [0.3, 0.4) is 0 Å². The number of aromatic nitrogens is 2. The molecular formula is C23H37ClN4O3. The Morgan fingerprint density at radius 3 is 2.45 bits per heavy atom. The highest BCUT2D eigenvalue weighted by atomic mass is 35.5. The second-order valence-electron chi connectivity index (χ2n) is 9.77. The summed E-state index contributed by atoms with van der Waals surface area (Å²) in [5, 5.41) is 4.15. The van der Waals surface area contributed by atoms with Crippen LogP contribution in [0.15, 0.2) is 4.52 Å². The van der Waals surface area contributed by atoms with Gasteiger partial charge in [-0.25, -0.2) is 0 Å². The summed E-state index contributed by atoms with van der Waals surface area (Å²) in [5.41, 5.74) is 0. The van der Waals surface area contributed by atoms with Gasteiger partial charge in [0.2, 0.25) is 11.8 Å². The molecule has 31 heavy (non-hydrogen) atoms. The Kier molecular flexibility index (Phi) is 7.88. The van der Waals surface area contributed by atoms with Gasteiger partial charge in [-0.1, -0.05) is 18.0 Å². The molecule has 1 aliphatic carbocycles. The fourth-order valence-corrected chi connectivity index (χ4v) is 5.60. The third-order valence-electron chi connectivity index (χ3n) is 7.61. The van der Waals surface area contributed by atoms with Gasteiger partial charge in [0.1, 0.15) is 0 Å². The van der Waals surface area contributed by atoms with Crippen molar-refractivity contribution < 1.29 is 14.1 Å². The van der Waals surface area contributed by atoms with E-state index in [1.165, 1.54) is 32.1 Å². The van der Waals surface area contributed by atoms with E-state index in [0.29, 0.717) is 23.8 Å². The zero-order valence-electron chi connectivity index (χ0n) is 18.5. The van der Waals surface area contributed by atoms with E-state index in [4.69, 9.17) is 9.26 Å². The first-order chi connectivity index (χ1) is 14.8. The predicted octanol–water partition coefficient (Wildman–Crippen LogP) is 3.78. The van der Waals surface area contributed by atoms with Crippen molar-refractivity contribution in [2.45, 2.75) is 82.7 Å². The lowest BCUT2D eigenvalue weighted by Crippen LogP contribution is -2.50. The number of hydrogen-bond donors (Lipinski definition) is 0. The molecule has 0 radical (unpaired) electrons. The number of piperidine rings is 1. The maximum atomic E-state index is 13.4. The summed E-state index contributed by atoms with van der Waals surface area (Å²) in [7, 11) is 0. The molecule has 0 N–H and O–H groups in total. The number of carbonyl (C=O) groups is 1. The van der Waals surface area contributed by atoms with Crippen LogP contribution in [0.2, 0.25) is 0 Å². The Morgan fingerprint density at radius 1 is 0.935 bits per heavy atom. The highest BCUT2D eigenvalue weighted by molar-refractivity contribution is 5.85. The molecular weight excluding hydrogens is 416 g/mol. The Balaban J connectivity index is 0.00000231. The normalized spacial score (nSPS) is 27.0. The molecule has 1 atom stereocenters. The summed E-state index contributed by atoms with van der Waals surface area (Å²) in [6.07, 6.45) is 11.4. The van der Waals surface area contributed by atoms with E-state index in [0.717, 1.165) is 83.2 Å². The highest BCUT2D eigenvalue weighted by Crippen LogP contribution is 2.38. The lowest BCUT2D eigenvalue weighted by molar-refractivity contribution is -0.142. The molecule has 5 rings (SSSR count). The van der Waals surface area contributed by atoms with Gasteiger partial charge in [0.25, 0.3) is 0 Å². The Hall–Kier alpha value is -1.18. The Labute approximate surface area is 191 Å². The van der Waals surface area contributed by atoms with Crippen LogP contribution < -0.4 is 0 Å². The van der Waals surface area contributed by atoms with Gasteiger partial charge in [-0.05, 0) is 70.4 Å². The quantitative estimate of drug-likeness (QED) is 0.677. The molecule has 0 aromatic carbocycles. The minimum atomic E-state index is 0. The highest BCUT2D eigenvalue weighted by Gasteiger charge is 2.37. The van der Waals surface area contributed by atoms with Crippen molar-refractivity contribution in [3.8, 4) is 0 Å². The van der Waals surface area contributed by atoms with E-state index in [-0.39, 0.29) is 18.3 Å². The van der Waals surface area contributed by atoms with Crippen molar-refractivity contribution >= 4 is 18.3 Å². The lowest BCUT2D eigenvalue weighted by atomic mass is 9.85. The maximum absolute atomic E-state index is 13.4. The van der Waals surface area contributed by atoms with Crippen LogP contribution in [0.5, 0.6) is 0 Å². The first kappa shape index (κ1) is 23.0. The van der Waals surface area contributed by atoms with Gasteiger partial charge in [0, 0.05) is 37.6 Å². The maximum Gasteiger partial charge on any atom is 0.240 e. The number of likely N-dealkylation sites (tertiary alicyclic amines) is 2. The molecule has 1 amide bonds. The van der Waals surface area contributed by atoms with Gasteiger partial charge in [-0.15, -0.1) is 12.4 Å². The van der Waals surface area contributed by atoms with E-state index in [2.05, 4.69) is 19.9 Å². The van der Waals surface area contributed by atoms with Crippen LogP contribution >= 0.6 is 12.4 Å². The lowest BCUT2D eigenvalue weighted by Gasteiger charge is -2.42. The first-order valence-corrected chi connectivity index (χ1v) is 12.2. The van der Waals surface area contributed by atoms with Crippen LogP contribution in [-0.2, 0) is 16.1 Å². The van der Waals surface area contributed by atoms with Gasteiger partial charge in [-0.3, -0.25) is 9.69 Å². The average Bonchev–Trinajstić information content (AvgIpc) is 3.58. The monoisotopic (exact) mass is 452 g/mol. The zero-order chi connectivity index (χ0) is 20.3. The van der Waals surface area contributed by atoms with E-state index in [1.807, 2.05) is 0 Å². The fraction of sp³-hybridized carbons (Fsp3) is 0.870. The number of nitrogens with zero attached hydrogens (tertiary/aromatic N) is 4. The van der Waals surface area contributed by atoms with Crippen molar-refractivity contribution in [2.75, 3.05) is 32.8 Å². The number of rotatable bonds is 5. The molecule has 4 aliphatic rings. The SMILES string of the molecule is Cl.O=C(C1CCOCC1)N1CCCCCC1C1CCN(Cc2nc(C3CC3)no2)CC1. The summed E-state index contributed by atoms with van der Waals surface area (Å²) in [4.78, 5) is 22.7. The van der Waals surface area contributed by atoms with Crippen LogP contribution in [0, 0.1) is 11.8 Å². The molecule has 7 nitrogen and oxygen atoms in total. The van der Waals surface area contributed by atoms with Gasteiger partial charge >= 0.3 is 0 Å². The second kappa shape index (κ2) is 10.6. The molecule has 1 saturated carbocycles. The molecule has 174 valence electrons. The second-order valence-corrected chi connectivity index (χ2v) is 9.77. The van der Waals surface area contributed by atoms with Crippen molar-refractivity contribution in [1.82, 2.24) is 19.9 Å². The molecule has 0 spiro atoms. The fourth-order valence-electron chi connectivity index (χ4n) is 5.60. The smallest absolute Gasteiger partial charge is 0.240 e. The molecule has 1 unspecified atom stereocenters. The number of ether oxygens (including phenoxy) is 1. The molecule has 3 aliphatic heterocycles. The van der Waals surface area contributed by atoms with Crippen LogP contribution in [0.25, 0.3) is 0 Å². The summed E-state index contributed by atoms with van der Waals surface area (Å²) >= 11 is 0. The molecule has 8 heteroatoms. The number of halogens is 1. The zero-order valence-corrected chi connectivity index (χ0v) is 19.4. The molecule has 1 aromatic heterocycles. The molecule has 4 heterocycles. The summed E-state index contributed by atoms with van der Waals surface area (Å²) in [6.45, 7) is 5.31. The van der Waals surface area contributed by atoms with Gasteiger partial charge in [0.05, 0.1) is 6.54 Å². The third kappa shape index (κ3) is 5.60. The van der Waals surface area contributed by atoms with Crippen molar-refractivity contribution in [2.24, 2.45) is 11.8 Å². The van der Waals surface area contributed by atoms with E-state index in [9.17, 15) is 4.79 Å². The molecule has 0 bridgehead atoms. The summed E-state index contributed by atoms with van der Waals surface area (Å²) < 4.78 is 11.0. The number of hydrogen-bond acceptors (Lipinski definition) is 6. The molecule has 4 fully saturated rings. The Morgan fingerprint density at radius 2 is 1.71 bits per heavy atom. The number of carbonyl (C=O) groups excluding carboxylic acids is 1. The Bertz CT molecular complexity index is 711. The van der Waals surface area contributed by atoms with Crippen LogP contribution in [0.4, 0.5) is 0 Å². The minimum absolute atomic E-state index is 0. The van der Waals surface area contributed by atoms with E-state index in [1.54, 1.807) is 0 Å². The summed E-state index contributed by atoms with van der Waals surface area (Å²) in [6, 6.07) is 0.426. The summed E-state index contributed by atoms with van der Waals surface area (Å²) in [5.74, 6) is 3.42. The third-order valence-corrected chi connectivity index (χ3v) is 7.61. The topological polar surface area (TPSA) is 71.7 Å². The van der Waals surface area contributed by atoms with Crippen molar-refractivity contribution in [3.05, 3.63) is 11.7 Å². The number of amides is 1.